The molecule has 2 aliphatic rings. The summed E-state index contributed by atoms with van der Waals surface area (Å²) in [6.07, 6.45) is 0.877. The molecule has 1 unspecified atom stereocenters. The van der Waals surface area contributed by atoms with Gasteiger partial charge in [-0.1, -0.05) is 29.8 Å². The van der Waals surface area contributed by atoms with Crippen LogP contribution in [0.25, 0.3) is 11.3 Å². The molecule has 0 spiro atoms. The molecule has 0 radical (unpaired) electrons. The Balaban J connectivity index is 1.48. The van der Waals surface area contributed by atoms with Gasteiger partial charge in [-0.05, 0) is 42.3 Å². The number of morpholine rings is 1. The average molecular weight is 467 g/mol. The number of nitrogens with zero attached hydrogens (tertiary/aromatic N) is 3. The highest BCUT2D eigenvalue weighted by molar-refractivity contribution is 6.31. The molecule has 0 aliphatic carbocycles. The van der Waals surface area contributed by atoms with Gasteiger partial charge in [0, 0.05) is 42.3 Å². The highest BCUT2D eigenvalue weighted by Gasteiger charge is 2.42. The Kier molecular flexibility index (Phi) is 6.35. The Morgan fingerprint density at radius 2 is 1.88 bits per heavy atom. The van der Waals surface area contributed by atoms with Crippen molar-refractivity contribution >= 4 is 17.5 Å². The Morgan fingerprint density at radius 1 is 1.12 bits per heavy atom. The van der Waals surface area contributed by atoms with Gasteiger partial charge >= 0.3 is 0 Å². The van der Waals surface area contributed by atoms with E-state index in [1.54, 1.807) is 7.11 Å². The summed E-state index contributed by atoms with van der Waals surface area (Å²) in [4.78, 5) is 17.8. The lowest BCUT2D eigenvalue weighted by molar-refractivity contribution is 0.0354. The molecule has 1 saturated heterocycles. The van der Waals surface area contributed by atoms with Crippen LogP contribution in [0.5, 0.6) is 5.75 Å². The predicted molar refractivity (Wildman–Crippen MR) is 127 cm³/mol. The zero-order valence-corrected chi connectivity index (χ0v) is 19.3. The lowest BCUT2D eigenvalue weighted by Crippen LogP contribution is -2.38. The molecule has 1 aromatic heterocycles. The first-order valence-electron chi connectivity index (χ1n) is 11.3. The summed E-state index contributed by atoms with van der Waals surface area (Å²) in [5.41, 5.74) is 4.02. The van der Waals surface area contributed by atoms with Crippen LogP contribution in [0, 0.1) is 0 Å². The molecule has 3 aromatic rings. The molecule has 0 saturated carbocycles. The molecule has 3 heterocycles. The van der Waals surface area contributed by atoms with E-state index in [9.17, 15) is 4.79 Å². The number of methoxy groups -OCH3 is 1. The molecule has 8 heteroatoms. The van der Waals surface area contributed by atoms with E-state index in [0.717, 1.165) is 67.4 Å². The van der Waals surface area contributed by atoms with Crippen molar-refractivity contribution in [1.82, 2.24) is 20.0 Å². The van der Waals surface area contributed by atoms with E-state index >= 15 is 0 Å². The van der Waals surface area contributed by atoms with E-state index in [1.165, 1.54) is 0 Å². The second kappa shape index (κ2) is 9.55. The topological polar surface area (TPSA) is 70.7 Å². The summed E-state index contributed by atoms with van der Waals surface area (Å²) < 4.78 is 10.7. The summed E-state index contributed by atoms with van der Waals surface area (Å²) in [7, 11) is 1.64. The maximum atomic E-state index is 13.5. The molecule has 172 valence electrons. The Hall–Kier alpha value is -2.87. The van der Waals surface area contributed by atoms with Crippen molar-refractivity contribution in [2.45, 2.75) is 12.5 Å². The highest BCUT2D eigenvalue weighted by Crippen LogP contribution is 2.44. The van der Waals surface area contributed by atoms with Crippen molar-refractivity contribution < 1.29 is 14.3 Å². The van der Waals surface area contributed by atoms with Crippen LogP contribution in [0.3, 0.4) is 0 Å². The van der Waals surface area contributed by atoms with Crippen LogP contribution in [0.15, 0.2) is 48.5 Å². The van der Waals surface area contributed by atoms with Crippen LogP contribution in [-0.4, -0.2) is 72.4 Å². The number of halogens is 1. The number of amides is 1. The number of hydrogen-bond donors (Lipinski definition) is 1. The lowest BCUT2D eigenvalue weighted by atomic mass is 9.96. The number of H-pyrrole nitrogens is 1. The third-order valence-corrected chi connectivity index (χ3v) is 6.75. The number of rotatable bonds is 7. The van der Waals surface area contributed by atoms with Crippen molar-refractivity contribution in [3.63, 3.8) is 0 Å². The lowest BCUT2D eigenvalue weighted by Gasteiger charge is -2.30. The van der Waals surface area contributed by atoms with Gasteiger partial charge in [0.1, 0.15) is 11.4 Å². The van der Waals surface area contributed by atoms with Crippen molar-refractivity contribution in [3.8, 4) is 17.0 Å². The van der Waals surface area contributed by atoms with Crippen molar-refractivity contribution in [2.24, 2.45) is 0 Å². The molecule has 2 aliphatic heterocycles. The second-order valence-corrected chi connectivity index (χ2v) is 8.73. The summed E-state index contributed by atoms with van der Waals surface area (Å²) in [5.74, 6) is 0.735. The first-order chi connectivity index (χ1) is 16.2. The van der Waals surface area contributed by atoms with E-state index in [4.69, 9.17) is 21.1 Å². The zero-order chi connectivity index (χ0) is 22.8. The fourth-order valence-corrected chi connectivity index (χ4v) is 4.94. The van der Waals surface area contributed by atoms with Crippen LogP contribution in [0.4, 0.5) is 0 Å². The molecular weight excluding hydrogens is 440 g/mol. The number of nitrogens with one attached hydrogen (secondary N) is 1. The minimum absolute atomic E-state index is 0.0378. The number of ether oxygens (including phenoxy) is 2. The van der Waals surface area contributed by atoms with Gasteiger partial charge in [-0.3, -0.25) is 14.8 Å². The molecule has 1 amide bonds. The fraction of sp³-hybridized carbons (Fsp3) is 0.360. The van der Waals surface area contributed by atoms with Crippen LogP contribution >= 0.6 is 11.6 Å². The zero-order valence-electron chi connectivity index (χ0n) is 18.6. The van der Waals surface area contributed by atoms with Crippen LogP contribution < -0.4 is 4.74 Å². The maximum absolute atomic E-state index is 13.5. The van der Waals surface area contributed by atoms with E-state index in [-0.39, 0.29) is 11.9 Å². The van der Waals surface area contributed by atoms with E-state index in [2.05, 4.69) is 15.1 Å². The largest absolute Gasteiger partial charge is 0.497 e. The van der Waals surface area contributed by atoms with Crippen molar-refractivity contribution in [1.29, 1.82) is 0 Å². The minimum atomic E-state index is -0.290. The van der Waals surface area contributed by atoms with Gasteiger partial charge in [-0.2, -0.15) is 5.10 Å². The van der Waals surface area contributed by atoms with Crippen LogP contribution in [-0.2, 0) is 4.74 Å². The van der Waals surface area contributed by atoms with Gasteiger partial charge in [0.05, 0.1) is 32.1 Å². The fourth-order valence-electron chi connectivity index (χ4n) is 4.71. The SMILES string of the molecule is COc1ccc(-c2n[nH]c3c2C(c2ccccc2Cl)N(CCCN2CCOCC2)C3=O)cc1. The third-order valence-electron chi connectivity index (χ3n) is 6.40. The van der Waals surface area contributed by atoms with Crippen LogP contribution in [0.1, 0.15) is 34.1 Å². The Morgan fingerprint density at radius 3 is 2.61 bits per heavy atom. The molecule has 2 aromatic carbocycles. The Bertz CT molecular complexity index is 1120. The number of aromatic amines is 1. The van der Waals surface area contributed by atoms with E-state index in [1.807, 2.05) is 53.4 Å². The van der Waals surface area contributed by atoms with Crippen LogP contribution in [0.2, 0.25) is 5.02 Å². The van der Waals surface area contributed by atoms with Gasteiger partial charge in [0.15, 0.2) is 0 Å². The number of carbonyl (C=O) groups is 1. The first-order valence-corrected chi connectivity index (χ1v) is 11.6. The molecule has 5 rings (SSSR count). The second-order valence-electron chi connectivity index (χ2n) is 8.32. The molecule has 7 nitrogen and oxygen atoms in total. The molecule has 1 fully saturated rings. The summed E-state index contributed by atoms with van der Waals surface area (Å²) >= 11 is 6.64. The highest BCUT2D eigenvalue weighted by atomic mass is 35.5. The summed E-state index contributed by atoms with van der Waals surface area (Å²) in [6, 6.07) is 15.2. The molecular formula is C25H27ClN4O3. The van der Waals surface area contributed by atoms with Gasteiger partial charge in [-0.25, -0.2) is 0 Å². The monoisotopic (exact) mass is 466 g/mol. The molecule has 33 heavy (non-hydrogen) atoms. The van der Waals surface area contributed by atoms with Crippen molar-refractivity contribution in [3.05, 3.63) is 70.4 Å². The van der Waals surface area contributed by atoms with E-state index in [0.29, 0.717) is 17.3 Å². The minimum Gasteiger partial charge on any atom is -0.497 e. The molecule has 0 bridgehead atoms. The standard InChI is InChI=1S/C25H27ClN4O3/c1-32-18-9-7-17(8-10-18)22-21-23(28-27-22)25(31)30(12-4-11-29-13-15-33-16-14-29)24(21)19-5-2-3-6-20(19)26/h2-3,5-10,24H,4,11-16H2,1H3,(H,27,28). The van der Waals surface area contributed by atoms with Gasteiger partial charge in [-0.15, -0.1) is 0 Å². The first kappa shape index (κ1) is 21.9. The van der Waals surface area contributed by atoms with Gasteiger partial charge in [0.25, 0.3) is 5.91 Å². The average Bonchev–Trinajstić information content (AvgIpc) is 3.40. The summed E-state index contributed by atoms with van der Waals surface area (Å²) in [5, 5.41) is 8.18. The summed E-state index contributed by atoms with van der Waals surface area (Å²) in [6.45, 7) is 4.98. The number of benzene rings is 2. The normalized spacial score (nSPS) is 18.5. The quantitative estimate of drug-likeness (QED) is 0.569. The number of carbonyl (C=O) groups excluding carboxylic acids is 1. The Labute approximate surface area is 198 Å². The smallest absolute Gasteiger partial charge is 0.273 e. The number of fused-ring (bicyclic) bond motifs is 1. The van der Waals surface area contributed by atoms with Gasteiger partial charge in [0.2, 0.25) is 0 Å². The number of hydrogen-bond acceptors (Lipinski definition) is 5. The predicted octanol–water partition coefficient (Wildman–Crippen LogP) is 4.01. The third kappa shape index (κ3) is 4.24. The maximum Gasteiger partial charge on any atom is 0.273 e. The van der Waals surface area contributed by atoms with Gasteiger partial charge < -0.3 is 14.4 Å². The van der Waals surface area contributed by atoms with E-state index < -0.39 is 0 Å². The van der Waals surface area contributed by atoms with Crippen molar-refractivity contribution in [2.75, 3.05) is 46.5 Å². The number of aromatic nitrogens is 2. The molecule has 1 atom stereocenters. The molecule has 1 N–H and O–H groups in total.